The fraction of sp³-hybridized carbons (Fsp3) is 0.222. The average molecular weight is 458 g/mol. The summed E-state index contributed by atoms with van der Waals surface area (Å²) in [5.41, 5.74) is 1.06. The van der Waals surface area contributed by atoms with Gasteiger partial charge in [0.05, 0.1) is 0 Å². The van der Waals surface area contributed by atoms with E-state index in [1.165, 1.54) is 0 Å². The second-order valence-electron chi connectivity index (χ2n) is 5.35. The zero-order valence-corrected chi connectivity index (χ0v) is 17.6. The minimum absolute atomic E-state index is 0.184. The summed E-state index contributed by atoms with van der Waals surface area (Å²) in [6, 6.07) is 17.0. The summed E-state index contributed by atoms with van der Waals surface area (Å²) in [7, 11) is -3.41. The van der Waals surface area contributed by atoms with Gasteiger partial charge in [-0.2, -0.15) is 0 Å². The Hall–Kier alpha value is -0.831. The fourth-order valence-corrected chi connectivity index (χ4v) is 8.76. The second-order valence-corrected chi connectivity index (χ2v) is 13.2. The van der Waals surface area contributed by atoms with Crippen molar-refractivity contribution in [2.45, 2.75) is 30.5 Å². The van der Waals surface area contributed by atoms with Crippen LogP contribution in [0.1, 0.15) is 19.4 Å². The van der Waals surface area contributed by atoms with Crippen LogP contribution in [0, 0.1) is 6.92 Å². The van der Waals surface area contributed by atoms with E-state index in [2.05, 4.69) is 13.8 Å². The van der Waals surface area contributed by atoms with E-state index in [9.17, 15) is 8.42 Å². The molecule has 0 atom stereocenters. The van der Waals surface area contributed by atoms with Gasteiger partial charge in [0, 0.05) is 0 Å². The van der Waals surface area contributed by atoms with Gasteiger partial charge >= 0.3 is 152 Å². The van der Waals surface area contributed by atoms with E-state index < -0.39 is 9.84 Å². The maximum absolute atomic E-state index is 13.0. The standard InChI is InChI=1S/C18H20O2SSe2/c1-14(2)22-13-18(23-17-7-5-4-6-8-17)21(19,20)16-11-9-15(3)10-12-16/h4-14H,1-3H3/b18-13-. The van der Waals surface area contributed by atoms with Crippen molar-refractivity contribution in [1.29, 1.82) is 0 Å². The molecule has 0 N–H and O–H groups in total. The van der Waals surface area contributed by atoms with Crippen LogP contribution in [0.15, 0.2) is 68.3 Å². The van der Waals surface area contributed by atoms with Crippen molar-refractivity contribution in [3.8, 4) is 0 Å². The van der Waals surface area contributed by atoms with Gasteiger partial charge in [0.15, 0.2) is 0 Å². The molecule has 2 rings (SSSR count). The number of benzene rings is 2. The van der Waals surface area contributed by atoms with Crippen molar-refractivity contribution >= 4 is 44.2 Å². The molecule has 0 heterocycles. The first kappa shape index (κ1) is 18.5. The van der Waals surface area contributed by atoms with Crippen molar-refractivity contribution in [2.75, 3.05) is 0 Å². The Morgan fingerprint density at radius 1 is 1.00 bits per heavy atom. The van der Waals surface area contributed by atoms with Crippen LogP contribution in [0.2, 0.25) is 4.82 Å². The molecular formula is C18H20O2SSe2. The van der Waals surface area contributed by atoms with Crippen LogP contribution >= 0.6 is 0 Å². The van der Waals surface area contributed by atoms with Crippen molar-refractivity contribution in [1.82, 2.24) is 0 Å². The topological polar surface area (TPSA) is 34.1 Å². The van der Waals surface area contributed by atoms with Gasteiger partial charge in [0.2, 0.25) is 0 Å². The maximum atomic E-state index is 13.0. The fourth-order valence-electron chi connectivity index (χ4n) is 1.77. The van der Waals surface area contributed by atoms with Gasteiger partial charge < -0.3 is 0 Å². The van der Waals surface area contributed by atoms with Crippen LogP contribution in [0.25, 0.3) is 0 Å². The molecule has 0 saturated heterocycles. The molecule has 23 heavy (non-hydrogen) atoms. The normalized spacial score (nSPS) is 12.6. The van der Waals surface area contributed by atoms with Crippen molar-refractivity contribution in [3.63, 3.8) is 0 Å². The predicted octanol–water partition coefficient (Wildman–Crippen LogP) is 3.13. The summed E-state index contributed by atoms with van der Waals surface area (Å²) in [6.45, 7) is 6.22. The Balaban J connectivity index is 2.39. The summed E-state index contributed by atoms with van der Waals surface area (Å²) in [5, 5.41) is 0. The zero-order chi connectivity index (χ0) is 16.9. The first-order valence-corrected chi connectivity index (χ1v) is 12.5. The van der Waals surface area contributed by atoms with Crippen molar-refractivity contribution in [3.05, 3.63) is 68.9 Å². The van der Waals surface area contributed by atoms with Gasteiger partial charge in [-0.1, -0.05) is 0 Å². The first-order valence-electron chi connectivity index (χ1n) is 7.30. The van der Waals surface area contributed by atoms with E-state index in [0.717, 1.165) is 10.0 Å². The molecular weight excluding hydrogens is 438 g/mol. The molecule has 0 aliphatic rings. The summed E-state index contributed by atoms with van der Waals surface area (Å²) in [5.74, 6) is 0. The van der Waals surface area contributed by atoms with Gasteiger partial charge in [-0.3, -0.25) is 0 Å². The molecule has 122 valence electrons. The van der Waals surface area contributed by atoms with Gasteiger partial charge in [0.1, 0.15) is 0 Å². The first-order chi connectivity index (χ1) is 10.9. The third kappa shape index (κ3) is 5.34. The molecule has 2 aromatic rings. The van der Waals surface area contributed by atoms with E-state index in [4.69, 9.17) is 0 Å². The molecule has 0 bridgehead atoms. The van der Waals surface area contributed by atoms with Crippen LogP contribution in [0.4, 0.5) is 0 Å². The molecule has 0 spiro atoms. The van der Waals surface area contributed by atoms with E-state index in [0.29, 0.717) is 13.5 Å². The zero-order valence-electron chi connectivity index (χ0n) is 13.4. The third-order valence-electron chi connectivity index (χ3n) is 2.99. The SMILES string of the molecule is Cc1ccc(S(=O)(=O)/C(=C/[Se]C(C)C)[Se]c2ccccc2)cc1. The number of hydrogen-bond donors (Lipinski definition) is 0. The molecule has 5 heteroatoms. The van der Waals surface area contributed by atoms with Crippen LogP contribution in [0.3, 0.4) is 0 Å². The van der Waals surface area contributed by atoms with Crippen LogP contribution < -0.4 is 4.46 Å². The molecule has 0 saturated carbocycles. The van der Waals surface area contributed by atoms with Gasteiger partial charge in [-0.05, 0) is 0 Å². The predicted molar refractivity (Wildman–Crippen MR) is 99.1 cm³/mol. The molecule has 0 amide bonds. The molecule has 0 aliphatic heterocycles. The van der Waals surface area contributed by atoms with Gasteiger partial charge in [0.25, 0.3) is 0 Å². The number of sulfone groups is 1. The summed E-state index contributed by atoms with van der Waals surface area (Å²) < 4.78 is 27.7. The van der Waals surface area contributed by atoms with Crippen LogP contribution in [-0.2, 0) is 9.84 Å². The van der Waals surface area contributed by atoms with E-state index in [-0.39, 0.29) is 29.9 Å². The van der Waals surface area contributed by atoms with E-state index >= 15 is 0 Å². The Labute approximate surface area is 151 Å². The Morgan fingerprint density at radius 2 is 1.61 bits per heavy atom. The molecule has 0 aliphatic carbocycles. The Morgan fingerprint density at radius 3 is 2.17 bits per heavy atom. The number of rotatable bonds is 6. The second kappa shape index (κ2) is 8.32. The van der Waals surface area contributed by atoms with Gasteiger partial charge in [-0.15, -0.1) is 0 Å². The van der Waals surface area contributed by atoms with Crippen LogP contribution in [0.5, 0.6) is 0 Å². The summed E-state index contributed by atoms with van der Waals surface area (Å²) in [6.07, 6.45) is 0. The minimum atomic E-state index is -3.41. The van der Waals surface area contributed by atoms with Gasteiger partial charge in [-0.25, -0.2) is 0 Å². The summed E-state index contributed by atoms with van der Waals surface area (Å²) in [4.78, 5) is 2.86. The molecule has 2 nitrogen and oxygen atoms in total. The Kier molecular flexibility index (Phi) is 6.70. The number of aryl methyl sites for hydroxylation is 1. The summed E-state index contributed by atoms with van der Waals surface area (Å²) >= 11 is -0.0226. The third-order valence-corrected chi connectivity index (χ3v) is 11.1. The molecule has 0 aromatic heterocycles. The monoisotopic (exact) mass is 460 g/mol. The van der Waals surface area contributed by atoms with E-state index in [1.807, 2.05) is 54.4 Å². The molecule has 0 fully saturated rings. The quantitative estimate of drug-likeness (QED) is 0.624. The van der Waals surface area contributed by atoms with Crippen molar-refractivity contribution < 1.29 is 8.42 Å². The Bertz CT molecular complexity index is 764. The van der Waals surface area contributed by atoms with Crippen LogP contribution in [-0.4, -0.2) is 38.3 Å². The van der Waals surface area contributed by atoms with Crippen molar-refractivity contribution in [2.24, 2.45) is 0 Å². The van der Waals surface area contributed by atoms with E-state index in [1.54, 1.807) is 12.1 Å². The number of hydrogen-bond acceptors (Lipinski definition) is 2. The average Bonchev–Trinajstić information content (AvgIpc) is 2.52. The molecule has 0 radical (unpaired) electrons. The molecule has 2 aromatic carbocycles. The molecule has 0 unspecified atom stereocenters.